The first-order valence-electron chi connectivity index (χ1n) is 6.32. The second-order valence-electron chi connectivity index (χ2n) is 5.29. The third-order valence-corrected chi connectivity index (χ3v) is 3.61. The predicted molar refractivity (Wildman–Crippen MR) is 70.6 cm³/mol. The second-order valence-corrected chi connectivity index (χ2v) is 5.29. The monoisotopic (exact) mass is 280 g/mol. The Morgan fingerprint density at radius 3 is 2.55 bits per heavy atom. The van der Waals surface area contributed by atoms with Crippen molar-refractivity contribution in [3.05, 3.63) is 41.5 Å². The molecule has 1 aromatic rings. The molecule has 0 aliphatic carbocycles. The smallest absolute Gasteiger partial charge is 0.312 e. The van der Waals surface area contributed by atoms with Gasteiger partial charge in [-0.3, -0.25) is 0 Å². The van der Waals surface area contributed by atoms with E-state index in [2.05, 4.69) is 11.4 Å². The van der Waals surface area contributed by atoms with E-state index in [1.165, 1.54) is 0 Å². The number of halogens is 3. The lowest BCUT2D eigenvalue weighted by atomic mass is 9.78. The molecule has 106 valence electrons. The van der Waals surface area contributed by atoms with Crippen molar-refractivity contribution in [1.82, 2.24) is 5.32 Å². The van der Waals surface area contributed by atoms with Gasteiger partial charge in [-0.1, -0.05) is 37.3 Å². The molecule has 2 rings (SSSR count). The van der Waals surface area contributed by atoms with E-state index in [1.54, 1.807) is 31.2 Å². The molecule has 1 aromatic carbocycles. The van der Waals surface area contributed by atoms with Crippen LogP contribution in [0.4, 0.5) is 13.2 Å². The summed E-state index contributed by atoms with van der Waals surface area (Å²) >= 11 is 0. The molecule has 0 bridgehead atoms. The van der Waals surface area contributed by atoms with E-state index in [-0.39, 0.29) is 6.54 Å². The molecule has 1 aliphatic heterocycles. The van der Waals surface area contributed by atoms with E-state index in [1.807, 2.05) is 6.07 Å². The summed E-state index contributed by atoms with van der Waals surface area (Å²) in [5.41, 5.74) is 0.507. The first-order valence-corrected chi connectivity index (χ1v) is 6.32. The van der Waals surface area contributed by atoms with Crippen LogP contribution in [0.1, 0.15) is 18.9 Å². The second kappa shape index (κ2) is 5.29. The molecule has 0 amide bonds. The molecule has 1 atom stereocenters. The molecule has 1 fully saturated rings. The van der Waals surface area contributed by atoms with Crippen molar-refractivity contribution in [1.29, 1.82) is 5.26 Å². The van der Waals surface area contributed by atoms with Crippen molar-refractivity contribution >= 4 is 5.57 Å². The minimum atomic E-state index is -4.25. The number of hydrogen-bond donors (Lipinski definition) is 1. The highest BCUT2D eigenvalue weighted by molar-refractivity contribution is 5.80. The molecule has 1 heterocycles. The third kappa shape index (κ3) is 3.02. The zero-order valence-corrected chi connectivity index (χ0v) is 11.1. The molecule has 1 N–H and O–H groups in total. The Hall–Kier alpha value is -1.80. The van der Waals surface area contributed by atoms with E-state index in [0.29, 0.717) is 23.3 Å². The van der Waals surface area contributed by atoms with Crippen LogP contribution >= 0.6 is 0 Å². The Morgan fingerprint density at radius 2 is 2.00 bits per heavy atom. The fourth-order valence-corrected chi connectivity index (χ4v) is 2.70. The van der Waals surface area contributed by atoms with Gasteiger partial charge in [0.1, 0.15) is 0 Å². The van der Waals surface area contributed by atoms with Crippen LogP contribution in [-0.4, -0.2) is 19.3 Å². The van der Waals surface area contributed by atoms with Crippen LogP contribution in [-0.2, 0) is 0 Å². The van der Waals surface area contributed by atoms with Gasteiger partial charge in [-0.25, -0.2) is 0 Å². The lowest BCUT2D eigenvalue weighted by Crippen LogP contribution is -2.29. The van der Waals surface area contributed by atoms with E-state index >= 15 is 0 Å². The number of allylic oxidation sites excluding steroid dienone is 1. The number of hydrogen-bond acceptors (Lipinski definition) is 2. The lowest BCUT2D eigenvalue weighted by Gasteiger charge is -2.27. The first kappa shape index (κ1) is 14.6. The zero-order valence-electron chi connectivity index (χ0n) is 11.1. The summed E-state index contributed by atoms with van der Waals surface area (Å²) < 4.78 is 38.3. The van der Waals surface area contributed by atoms with Crippen molar-refractivity contribution in [2.45, 2.75) is 19.5 Å². The van der Waals surface area contributed by atoms with Gasteiger partial charge in [0.25, 0.3) is 0 Å². The van der Waals surface area contributed by atoms with Gasteiger partial charge in [0.2, 0.25) is 0 Å². The topological polar surface area (TPSA) is 35.8 Å². The average molecular weight is 280 g/mol. The molecule has 5 heteroatoms. The molecular formula is C15H15F3N2. The van der Waals surface area contributed by atoms with Crippen LogP contribution in [0.15, 0.2) is 35.9 Å². The molecule has 0 aromatic heterocycles. The van der Waals surface area contributed by atoms with E-state index < -0.39 is 18.0 Å². The van der Waals surface area contributed by atoms with Crippen molar-refractivity contribution in [3.8, 4) is 6.07 Å². The van der Waals surface area contributed by atoms with E-state index in [0.717, 1.165) is 0 Å². The van der Waals surface area contributed by atoms with Gasteiger partial charge in [-0.05, 0) is 11.1 Å². The van der Waals surface area contributed by atoms with Crippen molar-refractivity contribution < 1.29 is 13.2 Å². The van der Waals surface area contributed by atoms with Gasteiger partial charge in [0, 0.05) is 18.5 Å². The fraction of sp³-hybridized carbons (Fsp3) is 0.400. The number of nitrogens with zero attached hydrogens (tertiary/aromatic N) is 1. The number of alkyl halides is 3. The highest BCUT2D eigenvalue weighted by Crippen LogP contribution is 2.43. The lowest BCUT2D eigenvalue weighted by molar-refractivity contribution is -0.150. The van der Waals surface area contributed by atoms with Gasteiger partial charge >= 0.3 is 6.18 Å². The van der Waals surface area contributed by atoms with Crippen molar-refractivity contribution in [3.63, 3.8) is 0 Å². The quantitative estimate of drug-likeness (QED) is 0.841. The maximum Gasteiger partial charge on any atom is 0.390 e. The Labute approximate surface area is 115 Å². The average Bonchev–Trinajstić information content (AvgIpc) is 2.71. The summed E-state index contributed by atoms with van der Waals surface area (Å²) in [6, 6.07) is 10.9. The summed E-state index contributed by atoms with van der Waals surface area (Å²) in [4.78, 5) is 0. The Bertz CT molecular complexity index is 555. The summed E-state index contributed by atoms with van der Waals surface area (Å²) in [5.74, 6) is 0. The normalized spacial score (nSPS) is 25.4. The molecule has 0 radical (unpaired) electrons. The van der Waals surface area contributed by atoms with Crippen molar-refractivity contribution in [2.24, 2.45) is 5.41 Å². The molecule has 0 spiro atoms. The minimum Gasteiger partial charge on any atom is -0.312 e. The number of rotatable bonds is 2. The van der Waals surface area contributed by atoms with Gasteiger partial charge in [-0.15, -0.1) is 0 Å². The largest absolute Gasteiger partial charge is 0.390 e. The molecular weight excluding hydrogens is 265 g/mol. The maximum atomic E-state index is 12.8. The summed E-state index contributed by atoms with van der Waals surface area (Å²) in [6.45, 7) is 2.13. The SMILES string of the molecule is CC1(CC(F)(F)F)CNC/C1=C(/C#N)c1ccccc1. The maximum absolute atomic E-state index is 12.8. The van der Waals surface area contributed by atoms with E-state index in [9.17, 15) is 18.4 Å². The summed E-state index contributed by atoms with van der Waals surface area (Å²) in [5, 5.41) is 12.3. The van der Waals surface area contributed by atoms with Crippen LogP contribution in [0.25, 0.3) is 5.57 Å². The molecule has 1 unspecified atom stereocenters. The molecule has 2 nitrogen and oxygen atoms in total. The van der Waals surface area contributed by atoms with Crippen LogP contribution in [0, 0.1) is 16.7 Å². The van der Waals surface area contributed by atoms with Gasteiger partial charge in [0.15, 0.2) is 0 Å². The Balaban J connectivity index is 2.47. The highest BCUT2D eigenvalue weighted by atomic mass is 19.4. The van der Waals surface area contributed by atoms with Gasteiger partial charge in [0.05, 0.1) is 18.1 Å². The van der Waals surface area contributed by atoms with Crippen LogP contribution in [0.3, 0.4) is 0 Å². The molecule has 1 aliphatic rings. The zero-order chi connectivity index (χ0) is 14.8. The molecule has 20 heavy (non-hydrogen) atoms. The summed E-state index contributed by atoms with van der Waals surface area (Å²) in [7, 11) is 0. The fourth-order valence-electron chi connectivity index (χ4n) is 2.70. The minimum absolute atomic E-state index is 0.236. The number of benzene rings is 1. The Morgan fingerprint density at radius 1 is 1.35 bits per heavy atom. The molecule has 1 saturated heterocycles. The standard InChI is InChI=1S/C15H15F3N2/c1-14(9-15(16,17)18)10-20-8-13(14)12(7-19)11-5-3-2-4-6-11/h2-6,20H,8-10H2,1H3/b13-12+. The van der Waals surface area contributed by atoms with E-state index in [4.69, 9.17) is 0 Å². The van der Waals surface area contributed by atoms with Gasteiger partial charge in [-0.2, -0.15) is 18.4 Å². The van der Waals surface area contributed by atoms with Crippen LogP contribution < -0.4 is 5.32 Å². The Kier molecular flexibility index (Phi) is 3.87. The van der Waals surface area contributed by atoms with Crippen LogP contribution in [0.2, 0.25) is 0 Å². The van der Waals surface area contributed by atoms with Crippen molar-refractivity contribution in [2.75, 3.05) is 13.1 Å². The predicted octanol–water partition coefficient (Wildman–Crippen LogP) is 3.53. The van der Waals surface area contributed by atoms with Crippen LogP contribution in [0.5, 0.6) is 0 Å². The third-order valence-electron chi connectivity index (χ3n) is 3.61. The molecule has 0 saturated carbocycles. The van der Waals surface area contributed by atoms with Gasteiger partial charge < -0.3 is 5.32 Å². The summed E-state index contributed by atoms with van der Waals surface area (Å²) in [6.07, 6.45) is -5.16. The first-order chi connectivity index (χ1) is 9.36. The number of nitriles is 1. The number of nitrogens with one attached hydrogen (secondary N) is 1. The highest BCUT2D eigenvalue weighted by Gasteiger charge is 2.45.